The Hall–Kier alpha value is -3.09. The van der Waals surface area contributed by atoms with E-state index >= 15 is 0 Å². The number of piperidine rings is 1. The Labute approximate surface area is 172 Å². The number of anilines is 1. The maximum atomic E-state index is 10.6. The number of hydrogen-bond donors (Lipinski definition) is 4. The van der Waals surface area contributed by atoms with Crippen LogP contribution in [0.5, 0.6) is 0 Å². The minimum Gasteiger partial charge on any atom is -0.475 e. The molecule has 0 unspecified atom stereocenters. The van der Waals surface area contributed by atoms with Gasteiger partial charge in [-0.15, -0.1) is 0 Å². The second kappa shape index (κ2) is 11.3. The van der Waals surface area contributed by atoms with Crippen molar-refractivity contribution in [1.82, 2.24) is 10.3 Å². The highest BCUT2D eigenvalue weighted by Gasteiger charge is 2.38. The number of aromatic nitrogens is 1. The number of carboxylic acid groups (broad SMARTS) is 2. The number of pyridine rings is 1. The molecule has 1 aliphatic heterocycles. The van der Waals surface area contributed by atoms with Gasteiger partial charge in [0.25, 0.3) is 0 Å². The first-order chi connectivity index (χ1) is 14.3. The highest BCUT2D eigenvalue weighted by atomic mass is 19.4. The first-order valence-corrected chi connectivity index (χ1v) is 8.72. The van der Waals surface area contributed by atoms with Crippen molar-refractivity contribution in [3.8, 4) is 0 Å². The predicted molar refractivity (Wildman–Crippen MR) is 98.6 cm³/mol. The van der Waals surface area contributed by atoms with E-state index in [2.05, 4.69) is 39.9 Å². The van der Waals surface area contributed by atoms with Crippen molar-refractivity contribution in [3.05, 3.63) is 36.7 Å². The third-order valence-corrected chi connectivity index (χ3v) is 3.84. The van der Waals surface area contributed by atoms with Crippen LogP contribution in [0.3, 0.4) is 0 Å². The number of nitrogens with one attached hydrogen (secondary N) is 2. The molecule has 0 aliphatic carbocycles. The molecule has 0 atom stereocenters. The van der Waals surface area contributed by atoms with Gasteiger partial charge in [0.2, 0.25) is 0 Å². The molecule has 1 aromatic carbocycles. The van der Waals surface area contributed by atoms with E-state index in [1.807, 2.05) is 12.4 Å². The molecule has 172 valence electrons. The van der Waals surface area contributed by atoms with Gasteiger partial charge in [0.1, 0.15) is 0 Å². The van der Waals surface area contributed by atoms with Crippen LogP contribution in [0, 0.1) is 0 Å². The molecule has 0 spiro atoms. The van der Waals surface area contributed by atoms with E-state index < -0.39 is 24.3 Å². The van der Waals surface area contributed by atoms with E-state index in [1.165, 1.54) is 29.3 Å². The maximum absolute atomic E-state index is 10.6. The second-order valence-electron chi connectivity index (χ2n) is 6.21. The van der Waals surface area contributed by atoms with E-state index in [9.17, 15) is 26.3 Å². The third-order valence-electron chi connectivity index (χ3n) is 3.84. The number of hydrogen-bond acceptors (Lipinski definition) is 5. The molecule has 1 aromatic heterocycles. The summed E-state index contributed by atoms with van der Waals surface area (Å²) in [5.74, 6) is -5.51. The number of alkyl halides is 6. The Bertz CT molecular complexity index is 843. The van der Waals surface area contributed by atoms with Crippen molar-refractivity contribution in [1.29, 1.82) is 0 Å². The molecule has 0 radical (unpaired) electrons. The molecular weight excluding hydrogens is 436 g/mol. The quantitative estimate of drug-likeness (QED) is 0.512. The molecule has 2 aromatic rings. The molecule has 3 rings (SSSR count). The van der Waals surface area contributed by atoms with Crippen LogP contribution in [0.4, 0.5) is 32.0 Å². The zero-order chi connectivity index (χ0) is 23.7. The van der Waals surface area contributed by atoms with Gasteiger partial charge in [0.05, 0.1) is 0 Å². The van der Waals surface area contributed by atoms with E-state index in [0.29, 0.717) is 6.04 Å². The van der Waals surface area contributed by atoms with Crippen molar-refractivity contribution < 1.29 is 46.1 Å². The first-order valence-electron chi connectivity index (χ1n) is 8.72. The molecular formula is C18H19F6N3O4. The van der Waals surface area contributed by atoms with E-state index in [0.717, 1.165) is 13.1 Å². The number of rotatable bonds is 2. The van der Waals surface area contributed by atoms with Crippen LogP contribution in [0.1, 0.15) is 12.8 Å². The molecule has 13 heteroatoms. The summed E-state index contributed by atoms with van der Waals surface area (Å²) in [6, 6.07) is 9.15. The van der Waals surface area contributed by atoms with E-state index in [4.69, 9.17) is 19.8 Å². The van der Waals surface area contributed by atoms with Gasteiger partial charge in [-0.1, -0.05) is 6.07 Å². The Morgan fingerprint density at radius 3 is 1.94 bits per heavy atom. The summed E-state index contributed by atoms with van der Waals surface area (Å²) >= 11 is 0. The van der Waals surface area contributed by atoms with Gasteiger partial charge in [0.15, 0.2) is 0 Å². The van der Waals surface area contributed by atoms with Crippen LogP contribution < -0.4 is 10.6 Å². The van der Waals surface area contributed by atoms with Crippen LogP contribution in [-0.2, 0) is 9.59 Å². The molecule has 4 N–H and O–H groups in total. The average molecular weight is 455 g/mol. The lowest BCUT2D eigenvalue weighted by Gasteiger charge is -2.24. The summed E-state index contributed by atoms with van der Waals surface area (Å²) < 4.78 is 63.5. The molecule has 0 amide bonds. The summed E-state index contributed by atoms with van der Waals surface area (Å²) in [6.45, 7) is 2.24. The third kappa shape index (κ3) is 9.98. The van der Waals surface area contributed by atoms with Crippen molar-refractivity contribution >= 4 is 28.4 Å². The monoisotopic (exact) mass is 455 g/mol. The molecule has 2 heterocycles. The highest BCUT2D eigenvalue weighted by molar-refractivity contribution is 5.84. The number of carboxylic acids is 2. The summed E-state index contributed by atoms with van der Waals surface area (Å²) in [5, 5.41) is 23.7. The van der Waals surface area contributed by atoms with Gasteiger partial charge in [-0.25, -0.2) is 9.59 Å². The average Bonchev–Trinajstić information content (AvgIpc) is 2.68. The van der Waals surface area contributed by atoms with Crippen LogP contribution in [0.25, 0.3) is 10.8 Å². The summed E-state index contributed by atoms with van der Waals surface area (Å²) in [6.07, 6.45) is -4.01. The SMILES string of the molecule is O=C(O)C(F)(F)F.O=C(O)C(F)(F)F.c1cc2cc(NC3CCNCC3)ccc2cn1. The van der Waals surface area contributed by atoms with Crippen molar-refractivity contribution in [3.63, 3.8) is 0 Å². The van der Waals surface area contributed by atoms with E-state index in [1.54, 1.807) is 0 Å². The minimum absolute atomic E-state index is 0.607. The fraction of sp³-hybridized carbons (Fsp3) is 0.389. The van der Waals surface area contributed by atoms with Crippen LogP contribution in [0.15, 0.2) is 36.7 Å². The topological polar surface area (TPSA) is 112 Å². The van der Waals surface area contributed by atoms with Gasteiger partial charge in [-0.05, 0) is 49.5 Å². The number of nitrogens with zero attached hydrogens (tertiary/aromatic N) is 1. The molecule has 0 saturated carbocycles. The standard InChI is InChI=1S/C14H17N3.2C2HF3O2/c1-2-14(17-13-4-7-15-8-5-13)9-11-3-6-16-10-12(1)11;2*3-2(4,5)1(6)7/h1-3,6,9-10,13,15,17H,4-5,7-8H2;2*(H,6,7). The second-order valence-corrected chi connectivity index (χ2v) is 6.21. The van der Waals surface area contributed by atoms with Crippen molar-refractivity contribution in [2.75, 3.05) is 18.4 Å². The first kappa shape index (κ1) is 25.9. The number of aliphatic carboxylic acids is 2. The minimum atomic E-state index is -5.08. The Morgan fingerprint density at radius 2 is 1.45 bits per heavy atom. The van der Waals surface area contributed by atoms with E-state index in [-0.39, 0.29) is 0 Å². The molecule has 7 nitrogen and oxygen atoms in total. The maximum Gasteiger partial charge on any atom is 0.490 e. The zero-order valence-electron chi connectivity index (χ0n) is 15.8. The Kier molecular flexibility index (Phi) is 9.49. The summed E-state index contributed by atoms with van der Waals surface area (Å²) in [5.41, 5.74) is 1.22. The number of halogens is 6. The summed E-state index contributed by atoms with van der Waals surface area (Å²) in [7, 11) is 0. The van der Waals surface area contributed by atoms with Gasteiger partial charge in [0, 0.05) is 29.5 Å². The normalized spacial score (nSPS) is 14.5. The largest absolute Gasteiger partial charge is 0.490 e. The van der Waals surface area contributed by atoms with Gasteiger partial charge >= 0.3 is 24.3 Å². The van der Waals surface area contributed by atoms with Crippen molar-refractivity contribution in [2.24, 2.45) is 0 Å². The molecule has 1 saturated heterocycles. The smallest absolute Gasteiger partial charge is 0.475 e. The van der Waals surface area contributed by atoms with Gasteiger partial charge in [-0.3, -0.25) is 4.98 Å². The zero-order valence-corrected chi connectivity index (χ0v) is 15.8. The number of benzene rings is 1. The van der Waals surface area contributed by atoms with Crippen LogP contribution >= 0.6 is 0 Å². The van der Waals surface area contributed by atoms with Crippen LogP contribution in [-0.4, -0.2) is 58.6 Å². The Morgan fingerprint density at radius 1 is 0.935 bits per heavy atom. The fourth-order valence-electron chi connectivity index (χ4n) is 2.38. The van der Waals surface area contributed by atoms with Gasteiger partial charge in [-0.2, -0.15) is 26.3 Å². The molecule has 1 fully saturated rings. The summed E-state index contributed by atoms with van der Waals surface area (Å²) in [4.78, 5) is 21.9. The highest BCUT2D eigenvalue weighted by Crippen LogP contribution is 2.20. The van der Waals surface area contributed by atoms with Crippen molar-refractivity contribution in [2.45, 2.75) is 31.2 Å². The molecule has 1 aliphatic rings. The van der Waals surface area contributed by atoms with Gasteiger partial charge < -0.3 is 20.8 Å². The Balaban J connectivity index is 0.000000288. The lowest BCUT2D eigenvalue weighted by Crippen LogP contribution is -2.35. The number of fused-ring (bicyclic) bond motifs is 1. The number of carbonyl (C=O) groups is 2. The molecule has 0 bridgehead atoms. The fourth-order valence-corrected chi connectivity index (χ4v) is 2.38. The lowest BCUT2D eigenvalue weighted by molar-refractivity contribution is -0.193. The lowest BCUT2D eigenvalue weighted by atomic mass is 10.1. The molecule has 31 heavy (non-hydrogen) atoms. The predicted octanol–water partition coefficient (Wildman–Crippen LogP) is 3.67. The van der Waals surface area contributed by atoms with Crippen LogP contribution in [0.2, 0.25) is 0 Å².